The van der Waals surface area contributed by atoms with Gasteiger partial charge in [0.25, 0.3) is 0 Å². The van der Waals surface area contributed by atoms with Crippen molar-refractivity contribution in [1.82, 2.24) is 10.6 Å². The number of methoxy groups -OCH3 is 3. The van der Waals surface area contributed by atoms with Gasteiger partial charge in [0.2, 0.25) is 5.91 Å². The van der Waals surface area contributed by atoms with Crippen molar-refractivity contribution in [2.45, 2.75) is 13.0 Å². The molecule has 22 heavy (non-hydrogen) atoms. The number of amides is 1. The summed E-state index contributed by atoms with van der Waals surface area (Å²) in [5.41, 5.74) is 0.856. The molecule has 2 rings (SSSR count). The molecule has 1 aliphatic rings. The summed E-state index contributed by atoms with van der Waals surface area (Å²) in [6, 6.07) is 3.59. The molecule has 1 amide bonds. The zero-order valence-corrected chi connectivity index (χ0v) is 13.9. The fourth-order valence-electron chi connectivity index (χ4n) is 2.44. The molecule has 6 nitrogen and oxygen atoms in total. The lowest BCUT2D eigenvalue weighted by Gasteiger charge is -2.15. The highest BCUT2D eigenvalue weighted by Gasteiger charge is 2.22. The smallest absolute Gasteiger partial charge is 0.224 e. The van der Waals surface area contributed by atoms with Gasteiger partial charge in [-0.15, -0.1) is 12.4 Å². The van der Waals surface area contributed by atoms with Crippen molar-refractivity contribution in [3.63, 3.8) is 0 Å². The van der Waals surface area contributed by atoms with Crippen LogP contribution in [0.1, 0.15) is 12.0 Å². The quantitative estimate of drug-likeness (QED) is 0.824. The summed E-state index contributed by atoms with van der Waals surface area (Å²) in [4.78, 5) is 12.0. The highest BCUT2D eigenvalue weighted by Crippen LogP contribution is 2.34. The van der Waals surface area contributed by atoms with Crippen LogP contribution in [-0.4, -0.2) is 40.3 Å². The first-order valence-electron chi connectivity index (χ1n) is 6.97. The third-order valence-electron chi connectivity index (χ3n) is 3.67. The van der Waals surface area contributed by atoms with E-state index in [9.17, 15) is 4.79 Å². The van der Waals surface area contributed by atoms with Gasteiger partial charge in [-0.05, 0) is 19.0 Å². The Balaban J connectivity index is 0.00000242. The molecule has 1 aromatic rings. The molecule has 0 saturated carbocycles. The normalized spacial score (nSPS) is 16.6. The molecule has 124 valence electrons. The van der Waals surface area contributed by atoms with Crippen LogP contribution in [0.4, 0.5) is 0 Å². The van der Waals surface area contributed by atoms with Gasteiger partial charge >= 0.3 is 0 Å². The summed E-state index contributed by atoms with van der Waals surface area (Å²) in [6.45, 7) is 2.05. The van der Waals surface area contributed by atoms with E-state index in [-0.39, 0.29) is 24.2 Å². The Hall–Kier alpha value is -1.66. The summed E-state index contributed by atoms with van der Waals surface area (Å²) >= 11 is 0. The third kappa shape index (κ3) is 4.18. The number of carbonyl (C=O) groups excluding carboxylic acids is 1. The van der Waals surface area contributed by atoms with Crippen LogP contribution in [0, 0.1) is 5.92 Å². The van der Waals surface area contributed by atoms with E-state index in [1.54, 1.807) is 27.4 Å². The highest BCUT2D eigenvalue weighted by molar-refractivity contribution is 5.85. The molecule has 1 atom stereocenters. The van der Waals surface area contributed by atoms with Crippen LogP contribution in [0.25, 0.3) is 0 Å². The number of ether oxygens (including phenoxy) is 3. The Morgan fingerprint density at radius 3 is 2.36 bits per heavy atom. The molecule has 1 saturated heterocycles. The summed E-state index contributed by atoms with van der Waals surface area (Å²) in [5.74, 6) is 2.00. The van der Waals surface area contributed by atoms with Crippen molar-refractivity contribution >= 4 is 18.3 Å². The Morgan fingerprint density at radius 1 is 1.18 bits per heavy atom. The molecule has 0 radical (unpaired) electrons. The second kappa shape index (κ2) is 8.70. The van der Waals surface area contributed by atoms with Gasteiger partial charge in [0, 0.05) is 24.7 Å². The zero-order chi connectivity index (χ0) is 15.2. The summed E-state index contributed by atoms with van der Waals surface area (Å²) in [6.07, 6.45) is 0.884. The van der Waals surface area contributed by atoms with Gasteiger partial charge in [0.1, 0.15) is 5.75 Å². The van der Waals surface area contributed by atoms with E-state index in [1.807, 2.05) is 6.07 Å². The fourth-order valence-corrected chi connectivity index (χ4v) is 2.44. The minimum Gasteiger partial charge on any atom is -0.496 e. The van der Waals surface area contributed by atoms with Crippen LogP contribution in [0.15, 0.2) is 12.1 Å². The van der Waals surface area contributed by atoms with Crippen molar-refractivity contribution in [3.05, 3.63) is 17.7 Å². The lowest BCUT2D eigenvalue weighted by Crippen LogP contribution is -2.31. The molecule has 0 aromatic heterocycles. The molecular weight excluding hydrogens is 308 g/mol. The molecule has 1 aromatic carbocycles. The average molecular weight is 331 g/mol. The van der Waals surface area contributed by atoms with E-state index in [0.717, 1.165) is 25.1 Å². The van der Waals surface area contributed by atoms with Gasteiger partial charge < -0.3 is 24.8 Å². The number of hydrogen-bond acceptors (Lipinski definition) is 5. The van der Waals surface area contributed by atoms with Crippen molar-refractivity contribution in [2.75, 3.05) is 34.4 Å². The van der Waals surface area contributed by atoms with Gasteiger partial charge in [-0.1, -0.05) is 0 Å². The second-order valence-corrected chi connectivity index (χ2v) is 4.93. The number of benzene rings is 1. The van der Waals surface area contributed by atoms with Crippen LogP contribution >= 0.6 is 12.4 Å². The van der Waals surface area contributed by atoms with Gasteiger partial charge in [-0.3, -0.25) is 4.79 Å². The van der Waals surface area contributed by atoms with Gasteiger partial charge in [0.05, 0.1) is 27.2 Å². The first kappa shape index (κ1) is 18.4. The molecule has 1 unspecified atom stereocenters. The molecule has 1 aliphatic heterocycles. The SMILES string of the molecule is COc1cc(OC)c(OC)cc1CNC(=O)C1CCNC1.Cl. The van der Waals surface area contributed by atoms with E-state index >= 15 is 0 Å². The lowest BCUT2D eigenvalue weighted by molar-refractivity contribution is -0.124. The Labute approximate surface area is 136 Å². The highest BCUT2D eigenvalue weighted by atomic mass is 35.5. The first-order chi connectivity index (χ1) is 10.2. The Morgan fingerprint density at radius 2 is 1.82 bits per heavy atom. The largest absolute Gasteiger partial charge is 0.496 e. The van der Waals surface area contributed by atoms with Crippen molar-refractivity contribution < 1.29 is 19.0 Å². The summed E-state index contributed by atoms with van der Waals surface area (Å²) in [7, 11) is 4.75. The Kier molecular flexibility index (Phi) is 7.27. The molecule has 0 bridgehead atoms. The number of carbonyl (C=O) groups is 1. The predicted molar refractivity (Wildman–Crippen MR) is 86.2 cm³/mol. The van der Waals surface area contributed by atoms with Gasteiger partial charge in [-0.25, -0.2) is 0 Å². The maximum Gasteiger partial charge on any atom is 0.224 e. The average Bonchev–Trinajstić information content (AvgIpc) is 3.06. The van der Waals surface area contributed by atoms with E-state index in [2.05, 4.69) is 10.6 Å². The third-order valence-corrected chi connectivity index (χ3v) is 3.67. The minimum atomic E-state index is 0. The molecule has 2 N–H and O–H groups in total. The van der Waals surface area contributed by atoms with Crippen LogP contribution in [0.2, 0.25) is 0 Å². The standard InChI is InChI=1S/C15H22N2O4.ClH/c1-19-12-7-14(21-3)13(20-2)6-11(12)9-17-15(18)10-4-5-16-8-10;/h6-7,10,16H,4-5,8-9H2,1-3H3,(H,17,18);1H. The monoisotopic (exact) mass is 330 g/mol. The molecule has 1 fully saturated rings. The number of hydrogen-bond donors (Lipinski definition) is 2. The van der Waals surface area contributed by atoms with Gasteiger partial charge in [-0.2, -0.15) is 0 Å². The first-order valence-corrected chi connectivity index (χ1v) is 6.97. The maximum absolute atomic E-state index is 12.0. The van der Waals surface area contributed by atoms with E-state index in [4.69, 9.17) is 14.2 Å². The van der Waals surface area contributed by atoms with Crippen LogP contribution in [0.3, 0.4) is 0 Å². The minimum absolute atomic E-state index is 0. The van der Waals surface area contributed by atoms with Crippen molar-refractivity contribution in [2.24, 2.45) is 5.92 Å². The fraction of sp³-hybridized carbons (Fsp3) is 0.533. The van der Waals surface area contributed by atoms with E-state index < -0.39 is 0 Å². The van der Waals surface area contributed by atoms with Crippen LogP contribution in [0.5, 0.6) is 17.2 Å². The zero-order valence-electron chi connectivity index (χ0n) is 13.1. The Bertz CT molecular complexity index is 505. The topological polar surface area (TPSA) is 68.8 Å². The van der Waals surface area contributed by atoms with E-state index in [0.29, 0.717) is 23.8 Å². The van der Waals surface area contributed by atoms with Crippen molar-refractivity contribution in [3.8, 4) is 17.2 Å². The number of halogens is 1. The van der Waals surface area contributed by atoms with Crippen LogP contribution < -0.4 is 24.8 Å². The molecular formula is C15H23ClN2O4. The van der Waals surface area contributed by atoms with Crippen LogP contribution in [-0.2, 0) is 11.3 Å². The predicted octanol–water partition coefficient (Wildman–Crippen LogP) is 1.36. The number of nitrogens with one attached hydrogen (secondary N) is 2. The number of rotatable bonds is 6. The molecule has 1 heterocycles. The lowest BCUT2D eigenvalue weighted by atomic mass is 10.1. The summed E-state index contributed by atoms with van der Waals surface area (Å²) < 4.78 is 15.9. The van der Waals surface area contributed by atoms with Gasteiger partial charge in [0.15, 0.2) is 11.5 Å². The van der Waals surface area contributed by atoms with Crippen molar-refractivity contribution in [1.29, 1.82) is 0 Å². The molecule has 0 spiro atoms. The maximum atomic E-state index is 12.0. The molecule has 7 heteroatoms. The second-order valence-electron chi connectivity index (χ2n) is 4.93. The molecule has 0 aliphatic carbocycles. The van der Waals surface area contributed by atoms with E-state index in [1.165, 1.54) is 0 Å². The summed E-state index contributed by atoms with van der Waals surface area (Å²) in [5, 5.41) is 6.13.